The summed E-state index contributed by atoms with van der Waals surface area (Å²) in [7, 11) is 1.55. The number of esters is 1. The van der Waals surface area contributed by atoms with Gasteiger partial charge >= 0.3 is 18.2 Å². The van der Waals surface area contributed by atoms with E-state index >= 15 is 0 Å². The highest BCUT2D eigenvalue weighted by Gasteiger charge is 2.55. The minimum absolute atomic E-state index is 0.210. The molecule has 1 aromatic carbocycles. The van der Waals surface area contributed by atoms with Gasteiger partial charge in [-0.25, -0.2) is 14.4 Å². The van der Waals surface area contributed by atoms with Crippen molar-refractivity contribution >= 4 is 18.2 Å². The van der Waals surface area contributed by atoms with E-state index < -0.39 is 23.7 Å². The molecule has 0 aromatic heterocycles. The Bertz CT molecular complexity index is 623. The molecule has 1 aromatic rings. The first-order valence-corrected chi connectivity index (χ1v) is 7.49. The molecule has 2 saturated heterocycles. The normalized spacial score (nSPS) is 19.9. The average Bonchev–Trinajstić information content (AvgIpc) is 2.78. The van der Waals surface area contributed by atoms with Crippen molar-refractivity contribution in [1.29, 1.82) is 0 Å². The summed E-state index contributed by atoms with van der Waals surface area (Å²) in [6, 6.07) is 9.42. The molecule has 2 amide bonds. The number of carbonyl (C=O) groups is 3. The average molecular weight is 318 g/mol. The minimum Gasteiger partial charge on any atom is -0.445 e. The van der Waals surface area contributed by atoms with Crippen molar-refractivity contribution in [2.24, 2.45) is 0 Å². The zero-order valence-electron chi connectivity index (χ0n) is 12.9. The molecule has 23 heavy (non-hydrogen) atoms. The van der Waals surface area contributed by atoms with Crippen LogP contribution in [0, 0.1) is 0 Å². The number of carbonyl (C=O) groups excluding carboxylic acids is 3. The van der Waals surface area contributed by atoms with Crippen LogP contribution >= 0.6 is 0 Å². The molecule has 0 N–H and O–H groups in total. The summed E-state index contributed by atoms with van der Waals surface area (Å²) in [6.07, 6.45) is -0.331. The molecule has 0 atom stereocenters. The molecular formula is C16H18N2O5. The number of amides is 2. The molecule has 2 aliphatic heterocycles. The van der Waals surface area contributed by atoms with Crippen molar-refractivity contribution < 1.29 is 23.9 Å². The molecule has 0 saturated carbocycles. The van der Waals surface area contributed by atoms with E-state index in [0.29, 0.717) is 25.9 Å². The van der Waals surface area contributed by atoms with Crippen molar-refractivity contribution in [2.45, 2.75) is 25.0 Å². The number of piperidine rings is 1. The second-order valence-corrected chi connectivity index (χ2v) is 5.77. The Kier molecular flexibility index (Phi) is 3.94. The number of benzene rings is 1. The number of likely N-dealkylation sites (tertiary alicyclic amines) is 1. The van der Waals surface area contributed by atoms with Crippen molar-refractivity contribution in [1.82, 2.24) is 9.80 Å². The zero-order chi connectivity index (χ0) is 16.4. The van der Waals surface area contributed by atoms with Gasteiger partial charge in [-0.3, -0.25) is 4.90 Å². The standard InChI is InChI=1S/C16H18N2O5/c1-17-14(20)23-13(19)16(17)7-9-18(10-8-16)15(21)22-11-12-5-3-2-4-6-12/h2-6H,7-11H2,1H3. The molecule has 7 heteroatoms. The van der Waals surface area contributed by atoms with Gasteiger partial charge in [0.2, 0.25) is 0 Å². The Morgan fingerprint density at radius 3 is 2.43 bits per heavy atom. The van der Waals surface area contributed by atoms with Gasteiger partial charge in [-0.05, 0) is 18.4 Å². The summed E-state index contributed by atoms with van der Waals surface area (Å²) in [6.45, 7) is 0.905. The van der Waals surface area contributed by atoms with E-state index in [-0.39, 0.29) is 6.61 Å². The fraction of sp³-hybridized carbons (Fsp3) is 0.438. The lowest BCUT2D eigenvalue weighted by Gasteiger charge is -2.38. The molecular weight excluding hydrogens is 300 g/mol. The Morgan fingerprint density at radius 1 is 1.22 bits per heavy atom. The van der Waals surface area contributed by atoms with E-state index in [0.717, 1.165) is 5.56 Å². The highest BCUT2D eigenvalue weighted by molar-refractivity contribution is 5.98. The first-order valence-electron chi connectivity index (χ1n) is 7.49. The monoisotopic (exact) mass is 318 g/mol. The first kappa shape index (κ1) is 15.3. The number of ether oxygens (including phenoxy) is 2. The van der Waals surface area contributed by atoms with Gasteiger partial charge in [0.15, 0.2) is 0 Å². The zero-order valence-corrected chi connectivity index (χ0v) is 12.9. The minimum atomic E-state index is -0.937. The fourth-order valence-corrected chi connectivity index (χ4v) is 2.96. The maximum Gasteiger partial charge on any atom is 0.418 e. The van der Waals surface area contributed by atoms with Crippen molar-refractivity contribution in [3.63, 3.8) is 0 Å². The largest absolute Gasteiger partial charge is 0.445 e. The molecule has 2 heterocycles. The van der Waals surface area contributed by atoms with Crippen LogP contribution in [-0.4, -0.2) is 53.6 Å². The van der Waals surface area contributed by atoms with Crippen LogP contribution in [0.15, 0.2) is 30.3 Å². The SMILES string of the molecule is CN1C(=O)OC(=O)C12CCN(C(=O)OCc1ccccc1)CC2. The van der Waals surface area contributed by atoms with Crippen LogP contribution in [0.2, 0.25) is 0 Å². The predicted molar refractivity (Wildman–Crippen MR) is 79.4 cm³/mol. The lowest BCUT2D eigenvalue weighted by molar-refractivity contribution is -0.142. The molecule has 3 rings (SSSR count). The van der Waals surface area contributed by atoms with E-state index in [1.54, 1.807) is 11.9 Å². The van der Waals surface area contributed by atoms with Crippen LogP contribution in [0.4, 0.5) is 9.59 Å². The number of cyclic esters (lactones) is 2. The summed E-state index contributed by atoms with van der Waals surface area (Å²) in [4.78, 5) is 38.4. The van der Waals surface area contributed by atoms with Crippen molar-refractivity contribution in [3.05, 3.63) is 35.9 Å². The third-order valence-electron chi connectivity index (χ3n) is 4.53. The lowest BCUT2D eigenvalue weighted by atomic mass is 9.87. The molecule has 122 valence electrons. The highest BCUT2D eigenvalue weighted by atomic mass is 16.6. The van der Waals surface area contributed by atoms with Crippen LogP contribution in [0.25, 0.3) is 0 Å². The third-order valence-corrected chi connectivity index (χ3v) is 4.53. The quantitative estimate of drug-likeness (QED) is 0.613. The van der Waals surface area contributed by atoms with Crippen LogP contribution in [0.3, 0.4) is 0 Å². The second-order valence-electron chi connectivity index (χ2n) is 5.77. The van der Waals surface area contributed by atoms with Gasteiger partial charge in [0.25, 0.3) is 0 Å². The van der Waals surface area contributed by atoms with Crippen LogP contribution < -0.4 is 0 Å². The van der Waals surface area contributed by atoms with Gasteiger partial charge in [-0.15, -0.1) is 0 Å². The number of likely N-dealkylation sites (N-methyl/N-ethyl adjacent to an activating group) is 1. The highest BCUT2D eigenvalue weighted by Crippen LogP contribution is 2.34. The molecule has 0 radical (unpaired) electrons. The van der Waals surface area contributed by atoms with E-state index in [4.69, 9.17) is 4.74 Å². The van der Waals surface area contributed by atoms with Gasteiger partial charge in [0.1, 0.15) is 12.1 Å². The smallest absolute Gasteiger partial charge is 0.418 e. The maximum absolute atomic E-state index is 12.1. The lowest BCUT2D eigenvalue weighted by Crippen LogP contribution is -2.55. The summed E-state index contributed by atoms with van der Waals surface area (Å²) in [5, 5.41) is 0. The van der Waals surface area contributed by atoms with E-state index in [2.05, 4.69) is 4.74 Å². The van der Waals surface area contributed by atoms with Gasteiger partial charge in [0, 0.05) is 20.1 Å². The Balaban J connectivity index is 1.55. The Hall–Kier alpha value is -2.57. The molecule has 2 fully saturated rings. The number of hydrogen-bond donors (Lipinski definition) is 0. The molecule has 2 aliphatic rings. The molecule has 7 nitrogen and oxygen atoms in total. The fourth-order valence-electron chi connectivity index (χ4n) is 2.96. The number of hydrogen-bond acceptors (Lipinski definition) is 5. The van der Waals surface area contributed by atoms with Gasteiger partial charge in [-0.1, -0.05) is 30.3 Å². The number of nitrogens with zero attached hydrogens (tertiary/aromatic N) is 2. The van der Waals surface area contributed by atoms with E-state index in [9.17, 15) is 14.4 Å². The molecule has 0 unspecified atom stereocenters. The topological polar surface area (TPSA) is 76.2 Å². The third kappa shape index (κ3) is 2.74. The molecule has 0 bridgehead atoms. The summed E-state index contributed by atoms with van der Waals surface area (Å²) in [5.74, 6) is -0.526. The summed E-state index contributed by atoms with van der Waals surface area (Å²) in [5.41, 5.74) is -0.0214. The maximum atomic E-state index is 12.1. The molecule has 0 aliphatic carbocycles. The van der Waals surface area contributed by atoms with E-state index in [1.807, 2.05) is 30.3 Å². The summed E-state index contributed by atoms with van der Waals surface area (Å²) < 4.78 is 9.96. The van der Waals surface area contributed by atoms with Crippen LogP contribution in [0.1, 0.15) is 18.4 Å². The van der Waals surface area contributed by atoms with Crippen molar-refractivity contribution in [2.75, 3.05) is 20.1 Å². The van der Waals surface area contributed by atoms with Gasteiger partial charge < -0.3 is 14.4 Å². The van der Waals surface area contributed by atoms with Crippen LogP contribution in [0.5, 0.6) is 0 Å². The molecule has 1 spiro atoms. The Labute approximate surface area is 133 Å². The van der Waals surface area contributed by atoms with E-state index in [1.165, 1.54) is 4.90 Å². The second kappa shape index (κ2) is 5.91. The van der Waals surface area contributed by atoms with Gasteiger partial charge in [-0.2, -0.15) is 0 Å². The summed E-state index contributed by atoms with van der Waals surface area (Å²) >= 11 is 0. The van der Waals surface area contributed by atoms with Crippen molar-refractivity contribution in [3.8, 4) is 0 Å². The van der Waals surface area contributed by atoms with Crippen LogP contribution in [-0.2, 0) is 20.9 Å². The van der Waals surface area contributed by atoms with Gasteiger partial charge in [0.05, 0.1) is 0 Å². The predicted octanol–water partition coefficient (Wildman–Crippen LogP) is 1.77. The number of rotatable bonds is 2. The Morgan fingerprint density at radius 2 is 1.87 bits per heavy atom. The first-order chi connectivity index (χ1) is 11.0.